The summed E-state index contributed by atoms with van der Waals surface area (Å²) < 4.78 is 8.19. The minimum Gasteiger partial charge on any atom is -0.497 e. The fourth-order valence-corrected chi connectivity index (χ4v) is 3.93. The molecule has 0 fully saturated rings. The number of methoxy groups -OCH3 is 1. The molecule has 0 aliphatic rings. The molecule has 4 aromatic rings. The van der Waals surface area contributed by atoms with Gasteiger partial charge in [0.25, 0.3) is 0 Å². The van der Waals surface area contributed by atoms with Crippen molar-refractivity contribution in [2.24, 2.45) is 0 Å². The van der Waals surface area contributed by atoms with Gasteiger partial charge in [0.2, 0.25) is 5.88 Å². The Balaban J connectivity index is 1.94. The van der Waals surface area contributed by atoms with Gasteiger partial charge in [0.1, 0.15) is 11.4 Å². The van der Waals surface area contributed by atoms with E-state index < -0.39 is 0 Å². The number of nitrogens with zero attached hydrogens (tertiary/aromatic N) is 2. The average Bonchev–Trinajstić information content (AvgIpc) is 3.15. The van der Waals surface area contributed by atoms with Gasteiger partial charge in [-0.15, -0.1) is 0 Å². The standard InChI is InChI=1S/C18H14BrN3O3S/c1-25-12-4-2-3-10(7-12)16-13(8-14-17(23)21-18(24)26-14)22-9-11(19)5-6-15(22)20-16/h2-7,9,23H,8H2,1H3,(H,21,24). The molecule has 0 spiro atoms. The van der Waals surface area contributed by atoms with Crippen molar-refractivity contribution in [1.82, 2.24) is 14.4 Å². The molecule has 2 N–H and O–H groups in total. The first-order valence-electron chi connectivity index (χ1n) is 7.77. The van der Waals surface area contributed by atoms with Crippen LogP contribution >= 0.6 is 27.3 Å². The second-order valence-corrected chi connectivity index (χ2v) is 7.66. The molecule has 0 saturated heterocycles. The van der Waals surface area contributed by atoms with Crippen LogP contribution in [0.25, 0.3) is 16.9 Å². The minimum atomic E-state index is -0.282. The number of nitrogens with one attached hydrogen (secondary N) is 1. The van der Waals surface area contributed by atoms with E-state index in [0.29, 0.717) is 11.3 Å². The molecule has 8 heteroatoms. The summed E-state index contributed by atoms with van der Waals surface area (Å²) in [5, 5.41) is 10.00. The number of aromatic hydroxyl groups is 1. The van der Waals surface area contributed by atoms with Gasteiger partial charge in [-0.1, -0.05) is 23.5 Å². The van der Waals surface area contributed by atoms with Crippen molar-refractivity contribution in [3.63, 3.8) is 0 Å². The lowest BCUT2D eigenvalue weighted by molar-refractivity contribution is 0.415. The summed E-state index contributed by atoms with van der Waals surface area (Å²) in [6, 6.07) is 11.5. The monoisotopic (exact) mass is 431 g/mol. The maximum absolute atomic E-state index is 11.6. The van der Waals surface area contributed by atoms with Crippen LogP contribution in [0.2, 0.25) is 0 Å². The molecule has 1 aromatic carbocycles. The van der Waals surface area contributed by atoms with Crippen LogP contribution in [-0.4, -0.2) is 26.6 Å². The topological polar surface area (TPSA) is 79.6 Å². The van der Waals surface area contributed by atoms with E-state index in [1.165, 1.54) is 0 Å². The molecule has 26 heavy (non-hydrogen) atoms. The number of ether oxygens (including phenoxy) is 1. The number of pyridine rings is 1. The summed E-state index contributed by atoms with van der Waals surface area (Å²) in [4.78, 5) is 19.0. The molecule has 6 nitrogen and oxygen atoms in total. The molecule has 0 amide bonds. The largest absolute Gasteiger partial charge is 0.497 e. The summed E-state index contributed by atoms with van der Waals surface area (Å²) in [5.41, 5.74) is 3.34. The highest BCUT2D eigenvalue weighted by molar-refractivity contribution is 9.10. The number of H-pyrrole nitrogens is 1. The van der Waals surface area contributed by atoms with E-state index in [9.17, 15) is 9.90 Å². The third-order valence-electron chi connectivity index (χ3n) is 4.05. The van der Waals surface area contributed by atoms with Gasteiger partial charge in [-0.2, -0.15) is 0 Å². The number of rotatable bonds is 4. The van der Waals surface area contributed by atoms with Gasteiger partial charge in [0.05, 0.1) is 23.4 Å². The van der Waals surface area contributed by atoms with Crippen LogP contribution in [0.5, 0.6) is 11.6 Å². The molecule has 3 heterocycles. The molecule has 0 unspecified atom stereocenters. The maximum atomic E-state index is 11.6. The van der Waals surface area contributed by atoms with Crippen molar-refractivity contribution in [3.8, 4) is 22.9 Å². The van der Waals surface area contributed by atoms with E-state index in [1.54, 1.807) is 7.11 Å². The number of imidazole rings is 1. The van der Waals surface area contributed by atoms with Crippen molar-refractivity contribution < 1.29 is 9.84 Å². The first-order valence-corrected chi connectivity index (χ1v) is 9.38. The lowest BCUT2D eigenvalue weighted by atomic mass is 10.1. The van der Waals surface area contributed by atoms with E-state index >= 15 is 0 Å². The van der Waals surface area contributed by atoms with E-state index in [-0.39, 0.29) is 10.8 Å². The Labute approximate surface area is 160 Å². The Bertz CT molecular complexity index is 1160. The number of fused-ring (bicyclic) bond motifs is 1. The summed E-state index contributed by atoms with van der Waals surface area (Å²) in [6.07, 6.45) is 2.30. The first kappa shape index (κ1) is 16.9. The van der Waals surface area contributed by atoms with Gasteiger partial charge in [0, 0.05) is 22.7 Å². The molecule has 132 valence electrons. The summed E-state index contributed by atoms with van der Waals surface area (Å²) in [5.74, 6) is 0.641. The Hall–Kier alpha value is -2.58. The van der Waals surface area contributed by atoms with Gasteiger partial charge in [-0.25, -0.2) is 4.98 Å². The third-order valence-corrected chi connectivity index (χ3v) is 5.39. The Morgan fingerprint density at radius 3 is 2.92 bits per heavy atom. The zero-order chi connectivity index (χ0) is 18.3. The number of hydrogen-bond donors (Lipinski definition) is 2. The molecule has 4 rings (SSSR count). The highest BCUT2D eigenvalue weighted by atomic mass is 79.9. The van der Waals surface area contributed by atoms with Crippen LogP contribution < -0.4 is 9.61 Å². The Morgan fingerprint density at radius 2 is 2.19 bits per heavy atom. The number of halogens is 1. The zero-order valence-electron chi connectivity index (χ0n) is 13.7. The van der Waals surface area contributed by atoms with Crippen LogP contribution in [0.1, 0.15) is 10.6 Å². The Morgan fingerprint density at radius 1 is 1.35 bits per heavy atom. The zero-order valence-corrected chi connectivity index (χ0v) is 16.1. The normalized spacial score (nSPS) is 11.2. The van der Waals surface area contributed by atoms with Crippen LogP contribution in [0.3, 0.4) is 0 Å². The smallest absolute Gasteiger partial charge is 0.307 e. The van der Waals surface area contributed by atoms with Crippen LogP contribution in [0, 0.1) is 0 Å². The molecule has 0 aliphatic heterocycles. The van der Waals surface area contributed by atoms with Gasteiger partial charge >= 0.3 is 4.87 Å². The fraction of sp³-hybridized carbons (Fsp3) is 0.111. The summed E-state index contributed by atoms with van der Waals surface area (Å²) in [6.45, 7) is 0. The Kier molecular flexibility index (Phi) is 4.29. The van der Waals surface area contributed by atoms with E-state index in [1.807, 2.05) is 47.0 Å². The van der Waals surface area contributed by atoms with Crippen LogP contribution in [0.15, 0.2) is 51.9 Å². The highest BCUT2D eigenvalue weighted by Gasteiger charge is 2.18. The lowest BCUT2D eigenvalue weighted by Gasteiger charge is -2.06. The van der Waals surface area contributed by atoms with Gasteiger partial charge < -0.3 is 14.2 Å². The van der Waals surface area contributed by atoms with Crippen molar-refractivity contribution in [2.75, 3.05) is 7.11 Å². The van der Waals surface area contributed by atoms with Gasteiger partial charge in [0.15, 0.2) is 0 Å². The van der Waals surface area contributed by atoms with Crippen molar-refractivity contribution in [1.29, 1.82) is 0 Å². The summed E-state index contributed by atoms with van der Waals surface area (Å²) >= 11 is 4.49. The number of aromatic amines is 1. The molecule has 0 atom stereocenters. The van der Waals surface area contributed by atoms with Crippen molar-refractivity contribution in [2.45, 2.75) is 6.42 Å². The van der Waals surface area contributed by atoms with Gasteiger partial charge in [-0.3, -0.25) is 9.78 Å². The molecule has 0 bridgehead atoms. The molecule has 3 aromatic heterocycles. The number of aromatic nitrogens is 3. The quantitative estimate of drug-likeness (QED) is 0.514. The lowest BCUT2D eigenvalue weighted by Crippen LogP contribution is -1.96. The number of hydrogen-bond acceptors (Lipinski definition) is 5. The molecule has 0 aliphatic carbocycles. The average molecular weight is 432 g/mol. The van der Waals surface area contributed by atoms with E-state index in [2.05, 4.69) is 20.9 Å². The van der Waals surface area contributed by atoms with E-state index in [4.69, 9.17) is 9.72 Å². The van der Waals surface area contributed by atoms with Crippen molar-refractivity contribution in [3.05, 3.63) is 67.3 Å². The highest BCUT2D eigenvalue weighted by Crippen LogP contribution is 2.31. The second kappa shape index (κ2) is 6.62. The maximum Gasteiger partial charge on any atom is 0.307 e. The third kappa shape index (κ3) is 3.02. The molecule has 0 saturated carbocycles. The van der Waals surface area contributed by atoms with Crippen molar-refractivity contribution >= 4 is 32.9 Å². The molecular weight excluding hydrogens is 418 g/mol. The second-order valence-electron chi connectivity index (χ2n) is 5.68. The SMILES string of the molecule is COc1cccc(-c2nc3ccc(Br)cn3c2Cc2sc(=O)[nH]c2O)c1. The fourth-order valence-electron chi connectivity index (χ4n) is 2.86. The van der Waals surface area contributed by atoms with Crippen LogP contribution in [0.4, 0.5) is 0 Å². The molecule has 0 radical (unpaired) electrons. The summed E-state index contributed by atoms with van der Waals surface area (Å²) in [7, 11) is 1.62. The number of thiazole rings is 1. The predicted octanol–water partition coefficient (Wildman–Crippen LogP) is 3.82. The van der Waals surface area contributed by atoms with E-state index in [0.717, 1.165) is 44.2 Å². The van der Waals surface area contributed by atoms with Gasteiger partial charge in [-0.05, 0) is 40.2 Å². The number of benzene rings is 1. The first-order chi connectivity index (χ1) is 12.5. The molecular formula is C18H14BrN3O3S. The minimum absolute atomic E-state index is 0.0958. The van der Waals surface area contributed by atoms with Crippen LogP contribution in [-0.2, 0) is 6.42 Å². The predicted molar refractivity (Wildman–Crippen MR) is 104 cm³/mol.